The summed E-state index contributed by atoms with van der Waals surface area (Å²) in [7, 11) is 0. The Balaban J connectivity index is 2.32. The Morgan fingerprint density at radius 2 is 1.85 bits per heavy atom. The van der Waals surface area contributed by atoms with E-state index in [0.717, 1.165) is 19.3 Å². The molecule has 0 radical (unpaired) electrons. The molecule has 27 heavy (non-hydrogen) atoms. The molecule has 0 fully saturated rings. The highest BCUT2D eigenvalue weighted by atomic mass is 35.5. The van der Waals surface area contributed by atoms with Gasteiger partial charge in [-0.05, 0) is 49.6 Å². The van der Waals surface area contributed by atoms with Crippen LogP contribution in [0.4, 0.5) is 5.69 Å². The maximum Gasteiger partial charge on any atom is 0.343 e. The molecule has 2 aromatic rings. The van der Waals surface area contributed by atoms with E-state index in [1.165, 1.54) is 11.8 Å². The molecule has 0 saturated carbocycles. The van der Waals surface area contributed by atoms with Crippen molar-refractivity contribution < 1.29 is 14.6 Å². The quantitative estimate of drug-likeness (QED) is 0.265. The zero-order valence-corrected chi connectivity index (χ0v) is 16.4. The van der Waals surface area contributed by atoms with E-state index >= 15 is 0 Å². The van der Waals surface area contributed by atoms with Crippen molar-refractivity contribution in [1.29, 1.82) is 0 Å². The van der Waals surface area contributed by atoms with Crippen LogP contribution < -0.4 is 0 Å². The SMILES string of the molecule is CCCCc1ccc(N=C/C(C(=O)OCC)=C(\O)c2ccccc2Cl)cc1. The maximum absolute atomic E-state index is 12.3. The monoisotopic (exact) mass is 385 g/mol. The van der Waals surface area contributed by atoms with Crippen LogP contribution in [0.25, 0.3) is 5.76 Å². The lowest BCUT2D eigenvalue weighted by Crippen LogP contribution is -2.11. The second-order valence-electron chi connectivity index (χ2n) is 5.99. The fraction of sp³-hybridized carbons (Fsp3) is 0.273. The number of nitrogens with zero attached hydrogens (tertiary/aromatic N) is 1. The molecule has 0 heterocycles. The lowest BCUT2D eigenvalue weighted by molar-refractivity contribution is -0.137. The number of aryl methyl sites for hydroxylation is 1. The average molecular weight is 386 g/mol. The third-order valence-corrected chi connectivity index (χ3v) is 4.31. The van der Waals surface area contributed by atoms with Crippen molar-refractivity contribution in [3.05, 3.63) is 70.3 Å². The van der Waals surface area contributed by atoms with Crippen LogP contribution in [0.15, 0.2) is 59.1 Å². The molecular weight excluding hydrogens is 362 g/mol. The molecule has 0 unspecified atom stereocenters. The molecule has 0 aliphatic rings. The van der Waals surface area contributed by atoms with Crippen LogP contribution in [-0.2, 0) is 16.0 Å². The molecular formula is C22H24ClNO3. The summed E-state index contributed by atoms with van der Waals surface area (Å²) in [6.45, 7) is 4.06. The zero-order chi connectivity index (χ0) is 19.6. The maximum atomic E-state index is 12.3. The lowest BCUT2D eigenvalue weighted by Gasteiger charge is -2.08. The first-order valence-electron chi connectivity index (χ1n) is 9.05. The van der Waals surface area contributed by atoms with Gasteiger partial charge in [-0.2, -0.15) is 0 Å². The van der Waals surface area contributed by atoms with Crippen LogP contribution >= 0.6 is 11.6 Å². The molecule has 0 spiro atoms. The van der Waals surface area contributed by atoms with E-state index < -0.39 is 5.97 Å². The number of hydrogen-bond donors (Lipinski definition) is 1. The van der Waals surface area contributed by atoms with Crippen molar-refractivity contribution in [2.75, 3.05) is 6.61 Å². The highest BCUT2D eigenvalue weighted by Crippen LogP contribution is 2.25. The van der Waals surface area contributed by atoms with Crippen molar-refractivity contribution in [3.63, 3.8) is 0 Å². The van der Waals surface area contributed by atoms with Crippen LogP contribution in [0, 0.1) is 0 Å². The first-order valence-corrected chi connectivity index (χ1v) is 9.42. The van der Waals surface area contributed by atoms with Gasteiger partial charge in [0.1, 0.15) is 11.3 Å². The van der Waals surface area contributed by atoms with Crippen molar-refractivity contribution >= 4 is 35.2 Å². The second-order valence-corrected chi connectivity index (χ2v) is 6.40. The van der Waals surface area contributed by atoms with Crippen molar-refractivity contribution in [1.82, 2.24) is 0 Å². The van der Waals surface area contributed by atoms with Gasteiger partial charge in [0.25, 0.3) is 0 Å². The number of ether oxygens (including phenoxy) is 1. The van der Waals surface area contributed by atoms with Gasteiger partial charge in [0.15, 0.2) is 0 Å². The standard InChI is InChI=1S/C22H24ClNO3/c1-3-5-8-16-11-13-17(14-12-16)24-15-19(22(26)27-4-2)21(25)18-9-6-7-10-20(18)23/h6-7,9-15,25H,3-5,8H2,1-2H3/b21-19+,24-15?. The molecule has 2 rings (SSSR count). The van der Waals surface area contributed by atoms with Crippen LogP contribution in [0.2, 0.25) is 5.02 Å². The molecule has 0 atom stereocenters. The Kier molecular flexibility index (Phi) is 8.08. The van der Waals surface area contributed by atoms with E-state index in [2.05, 4.69) is 11.9 Å². The number of carbonyl (C=O) groups excluding carboxylic acids is 1. The van der Waals surface area contributed by atoms with Gasteiger partial charge < -0.3 is 9.84 Å². The van der Waals surface area contributed by atoms with Gasteiger partial charge in [-0.15, -0.1) is 0 Å². The summed E-state index contributed by atoms with van der Waals surface area (Å²) in [5.74, 6) is -0.916. The second kappa shape index (κ2) is 10.5. The summed E-state index contributed by atoms with van der Waals surface area (Å²) in [6.07, 6.45) is 4.64. The number of unbranched alkanes of at least 4 members (excludes halogenated alkanes) is 1. The Morgan fingerprint density at radius 1 is 1.15 bits per heavy atom. The van der Waals surface area contributed by atoms with Crippen molar-refractivity contribution in [2.24, 2.45) is 4.99 Å². The largest absolute Gasteiger partial charge is 0.506 e. The molecule has 0 saturated heterocycles. The van der Waals surface area contributed by atoms with Crippen LogP contribution in [-0.4, -0.2) is 23.9 Å². The number of esters is 1. The summed E-state index contributed by atoms with van der Waals surface area (Å²) in [5.41, 5.74) is 2.24. The molecule has 142 valence electrons. The summed E-state index contributed by atoms with van der Waals surface area (Å²) >= 11 is 6.13. The van der Waals surface area contributed by atoms with Crippen LogP contribution in [0.3, 0.4) is 0 Å². The number of aliphatic imine (C=N–C) groups is 1. The van der Waals surface area contributed by atoms with E-state index in [-0.39, 0.29) is 17.9 Å². The van der Waals surface area contributed by atoms with Gasteiger partial charge in [0.05, 0.1) is 17.3 Å². The molecule has 0 aliphatic heterocycles. The van der Waals surface area contributed by atoms with Gasteiger partial charge in [0, 0.05) is 11.8 Å². The lowest BCUT2D eigenvalue weighted by atomic mass is 10.1. The third-order valence-electron chi connectivity index (χ3n) is 3.98. The summed E-state index contributed by atoms with van der Waals surface area (Å²) in [4.78, 5) is 16.6. The Morgan fingerprint density at radius 3 is 2.48 bits per heavy atom. The smallest absolute Gasteiger partial charge is 0.343 e. The van der Waals surface area contributed by atoms with Gasteiger partial charge in [-0.3, -0.25) is 4.99 Å². The fourth-order valence-corrected chi connectivity index (χ4v) is 2.71. The van der Waals surface area contributed by atoms with Crippen LogP contribution in [0.5, 0.6) is 0 Å². The van der Waals surface area contributed by atoms with E-state index in [9.17, 15) is 9.90 Å². The van der Waals surface area contributed by atoms with Crippen molar-refractivity contribution in [3.8, 4) is 0 Å². The molecule has 2 aromatic carbocycles. The van der Waals surface area contributed by atoms with Gasteiger partial charge in [-0.25, -0.2) is 4.79 Å². The Bertz CT molecular complexity index is 826. The number of rotatable bonds is 8. The third kappa shape index (κ3) is 5.97. The Hall–Kier alpha value is -2.59. The number of halogens is 1. The number of aliphatic hydroxyl groups excluding tert-OH is 1. The zero-order valence-electron chi connectivity index (χ0n) is 15.6. The predicted molar refractivity (Wildman–Crippen MR) is 111 cm³/mol. The first kappa shape index (κ1) is 20.7. The van der Waals surface area contributed by atoms with E-state index in [4.69, 9.17) is 16.3 Å². The van der Waals surface area contributed by atoms with E-state index in [1.807, 2.05) is 24.3 Å². The number of aliphatic hydroxyl groups is 1. The first-order chi connectivity index (χ1) is 13.1. The molecule has 1 N–H and O–H groups in total. The average Bonchev–Trinajstić information content (AvgIpc) is 2.68. The van der Waals surface area contributed by atoms with Crippen LogP contribution in [0.1, 0.15) is 37.8 Å². The summed E-state index contributed by atoms with van der Waals surface area (Å²) < 4.78 is 5.05. The minimum atomic E-state index is -0.654. The molecule has 0 aliphatic carbocycles. The van der Waals surface area contributed by atoms with Gasteiger partial charge in [-0.1, -0.05) is 49.2 Å². The minimum absolute atomic E-state index is 0.0417. The highest BCUT2D eigenvalue weighted by Gasteiger charge is 2.18. The summed E-state index contributed by atoms with van der Waals surface area (Å²) in [6, 6.07) is 14.6. The normalized spacial score (nSPS) is 12.1. The number of benzene rings is 2. The number of carbonyl (C=O) groups is 1. The fourth-order valence-electron chi connectivity index (χ4n) is 2.49. The van der Waals surface area contributed by atoms with E-state index in [0.29, 0.717) is 16.3 Å². The van der Waals surface area contributed by atoms with Gasteiger partial charge in [0.2, 0.25) is 0 Å². The van der Waals surface area contributed by atoms with Gasteiger partial charge >= 0.3 is 5.97 Å². The Labute approximate surface area is 165 Å². The summed E-state index contributed by atoms with van der Waals surface area (Å²) in [5, 5.41) is 10.9. The molecule has 4 nitrogen and oxygen atoms in total. The molecule has 0 bridgehead atoms. The topological polar surface area (TPSA) is 58.9 Å². The van der Waals surface area contributed by atoms with Crippen molar-refractivity contribution in [2.45, 2.75) is 33.1 Å². The highest BCUT2D eigenvalue weighted by molar-refractivity contribution is 6.32. The predicted octanol–water partition coefficient (Wildman–Crippen LogP) is 5.92. The number of hydrogen-bond acceptors (Lipinski definition) is 4. The molecule has 5 heteroatoms. The minimum Gasteiger partial charge on any atom is -0.506 e. The van der Waals surface area contributed by atoms with E-state index in [1.54, 1.807) is 31.2 Å². The molecule has 0 aromatic heterocycles. The molecule has 0 amide bonds.